The van der Waals surface area contributed by atoms with Crippen LogP contribution >= 0.6 is 35.1 Å². The summed E-state index contributed by atoms with van der Waals surface area (Å²) in [4.78, 5) is 81.2. The summed E-state index contributed by atoms with van der Waals surface area (Å²) in [5, 5.41) is 15.7. The lowest BCUT2D eigenvalue weighted by Crippen LogP contribution is -2.28. The number of aliphatic hydroxyl groups is 1. The van der Waals surface area contributed by atoms with E-state index < -0.39 is 98.2 Å². The Balaban J connectivity index is 0.870. The Hall–Kier alpha value is -5.29. The molecule has 7 heterocycles. The van der Waals surface area contributed by atoms with Crippen LogP contribution in [-0.4, -0.2) is 133 Å². The average molecular weight is 1110 g/mol. The van der Waals surface area contributed by atoms with Crippen molar-refractivity contribution in [1.29, 1.82) is 0 Å². The Labute approximate surface area is 422 Å². The molecule has 33 heteroatoms. The highest BCUT2D eigenvalue weighted by Gasteiger charge is 2.44. The maximum absolute atomic E-state index is 13.6. The molecule has 0 bridgehead atoms. The largest absolute Gasteiger partial charge is 0.497 e. The second kappa shape index (κ2) is 22.1. The van der Waals surface area contributed by atoms with Gasteiger partial charge in [-0.1, -0.05) is 18.0 Å². The Morgan fingerprint density at radius 2 is 1.53 bits per heavy atom. The predicted octanol–water partition coefficient (Wildman–Crippen LogP) is 4.07. The number of aromatic amines is 1. The van der Waals surface area contributed by atoms with Crippen molar-refractivity contribution in [3.05, 3.63) is 70.8 Å². The van der Waals surface area contributed by atoms with Gasteiger partial charge in [0.2, 0.25) is 5.95 Å². The standard InChI is InChI=1S/C41H50ClN12O17P3/c1-64-23-6-8-26-25(11-23)34(24-7-5-22(42)10-27(24)50-26)45-9-3-2-4-21(16-66-74(62,63)71-28-12-33(68-30(28)14-55)54-20-49-36-39(54)51-41(44)52-40(36)56)15-65-73(60,61)67-17-31-29(70-72(57,58)59)13-32(69-31)53-19-48-35-37(43)46-18-47-38(35)53/h5-8,10-11,18-21,28-33,55H,2-4,9,12-17H2,1H3,(H,45,50)(H,60,61)(H,62,63)(H2,43,46,47)(H2,57,58,59)(H3,44,51,52,56)/t21?,28-,29-,30+,31+,32+,33+/m0/s1. The number of aromatic nitrogens is 9. The molecule has 398 valence electrons. The van der Waals surface area contributed by atoms with Crippen molar-refractivity contribution < 1.29 is 75.2 Å². The second-order valence-corrected chi connectivity index (χ2v) is 21.7. The van der Waals surface area contributed by atoms with Gasteiger partial charge in [0.05, 0.1) is 62.9 Å². The highest BCUT2D eigenvalue weighted by atomic mass is 35.5. The molecule has 9 atom stereocenters. The van der Waals surface area contributed by atoms with Crippen LogP contribution in [-0.2, 0) is 45.8 Å². The monoisotopic (exact) mass is 1110 g/mol. The third-order valence-electron chi connectivity index (χ3n) is 12.2. The topological polar surface area (TPSA) is 410 Å². The smallest absolute Gasteiger partial charge is 0.472 e. The zero-order chi connectivity index (χ0) is 52.5. The van der Waals surface area contributed by atoms with Gasteiger partial charge in [-0.3, -0.25) is 41.5 Å². The number of anilines is 3. The number of H-pyrrole nitrogens is 1. The van der Waals surface area contributed by atoms with E-state index in [1.165, 1.54) is 28.1 Å². The second-order valence-electron chi connectivity index (χ2n) is 17.2. The van der Waals surface area contributed by atoms with E-state index in [1.807, 2.05) is 18.2 Å². The third-order valence-corrected chi connectivity index (χ3v) is 14.9. The highest BCUT2D eigenvalue weighted by Crippen LogP contribution is 2.51. The first-order valence-electron chi connectivity index (χ1n) is 22.7. The number of rotatable bonds is 23. The molecule has 0 amide bonds. The summed E-state index contributed by atoms with van der Waals surface area (Å²) in [6, 6.07) is 10.9. The van der Waals surface area contributed by atoms with Crippen molar-refractivity contribution in [3.63, 3.8) is 0 Å². The Morgan fingerprint density at radius 3 is 2.26 bits per heavy atom. The van der Waals surface area contributed by atoms with Crippen LogP contribution in [0.1, 0.15) is 44.6 Å². The molecule has 7 aromatic rings. The van der Waals surface area contributed by atoms with Crippen molar-refractivity contribution in [2.45, 2.75) is 69.0 Å². The average Bonchev–Trinajstić information content (AvgIpc) is 4.16. The van der Waals surface area contributed by atoms with Gasteiger partial charge in [0.15, 0.2) is 22.6 Å². The van der Waals surface area contributed by atoms with Gasteiger partial charge in [-0.25, -0.2) is 38.6 Å². The molecule has 2 aromatic carbocycles. The van der Waals surface area contributed by atoms with Gasteiger partial charge in [-0.15, -0.1) is 0 Å². The van der Waals surface area contributed by atoms with Gasteiger partial charge in [0.25, 0.3) is 5.56 Å². The van der Waals surface area contributed by atoms with Gasteiger partial charge in [0, 0.05) is 41.1 Å². The van der Waals surface area contributed by atoms with E-state index in [9.17, 15) is 43.2 Å². The van der Waals surface area contributed by atoms with Gasteiger partial charge in [-0.05, 0) is 49.2 Å². The predicted molar refractivity (Wildman–Crippen MR) is 262 cm³/mol. The van der Waals surface area contributed by atoms with Crippen LogP contribution in [0, 0.1) is 5.92 Å². The fraction of sp³-hybridized carbons (Fsp3) is 0.439. The Bertz CT molecular complexity index is 3380. The SMILES string of the molecule is COc1ccc2nc3cc(Cl)ccc3c(NCCCCC(COP(=O)(O)OC[C@H]3O[C@@H](n4cnc5c(N)ncnc54)C[C@@H]3OP(=O)(O)O)COP(=O)(O)O[C@H]3C[C@H](n4cnc5c(=O)[nH]c(N)nc54)O[C@@H]3CO)c2c1. The number of benzene rings is 2. The van der Waals surface area contributed by atoms with Crippen LogP contribution in [0.25, 0.3) is 44.1 Å². The molecule has 2 aliphatic rings. The van der Waals surface area contributed by atoms with Crippen LogP contribution in [0.2, 0.25) is 5.02 Å². The lowest BCUT2D eigenvalue weighted by Gasteiger charge is -2.24. The van der Waals surface area contributed by atoms with Gasteiger partial charge >= 0.3 is 23.5 Å². The van der Waals surface area contributed by atoms with Crippen molar-refractivity contribution in [2.75, 3.05) is 56.9 Å². The summed E-state index contributed by atoms with van der Waals surface area (Å²) in [6.45, 7) is -2.12. The maximum Gasteiger partial charge on any atom is 0.472 e. The number of unbranched alkanes of at least 4 members (excludes halogenated alkanes) is 1. The number of methoxy groups -OCH3 is 1. The number of nitrogens with one attached hydrogen (secondary N) is 2. The molecule has 9 rings (SSSR count). The first kappa shape index (κ1) is 53.5. The van der Waals surface area contributed by atoms with Gasteiger partial charge < -0.3 is 55.7 Å². The van der Waals surface area contributed by atoms with E-state index >= 15 is 0 Å². The van der Waals surface area contributed by atoms with E-state index in [1.54, 1.807) is 25.3 Å². The summed E-state index contributed by atoms with van der Waals surface area (Å²) in [5.74, 6) is -0.371. The van der Waals surface area contributed by atoms with Crippen LogP contribution in [0.3, 0.4) is 0 Å². The number of hydrogen-bond acceptors (Lipinski definition) is 22. The van der Waals surface area contributed by atoms with Crippen molar-refractivity contribution in [3.8, 4) is 5.75 Å². The van der Waals surface area contributed by atoms with Crippen molar-refractivity contribution in [1.82, 2.24) is 44.0 Å². The minimum absolute atomic E-state index is 0.0450. The number of aliphatic hydroxyl groups excluding tert-OH is 1. The zero-order valence-electron chi connectivity index (χ0n) is 38.9. The number of fused-ring (bicyclic) bond motifs is 4. The maximum atomic E-state index is 13.6. The molecule has 5 aromatic heterocycles. The molecule has 0 spiro atoms. The van der Waals surface area contributed by atoms with Gasteiger partial charge in [0.1, 0.15) is 54.5 Å². The van der Waals surface area contributed by atoms with Crippen LogP contribution in [0.5, 0.6) is 5.75 Å². The summed E-state index contributed by atoms with van der Waals surface area (Å²) in [7, 11) is -13.6. The van der Waals surface area contributed by atoms with Crippen LogP contribution in [0.15, 0.2) is 60.2 Å². The Morgan fingerprint density at radius 1 is 0.824 bits per heavy atom. The molecular weight excluding hydrogens is 1060 g/mol. The molecule has 2 aliphatic heterocycles. The van der Waals surface area contributed by atoms with Crippen molar-refractivity contribution in [2.24, 2.45) is 5.92 Å². The molecule has 0 radical (unpaired) electrons. The van der Waals surface area contributed by atoms with E-state index in [4.69, 9.17) is 64.9 Å². The quantitative estimate of drug-likeness (QED) is 0.0248. The summed E-state index contributed by atoms with van der Waals surface area (Å²) in [5.41, 5.74) is 13.7. The van der Waals surface area contributed by atoms with Crippen LogP contribution in [0.4, 0.5) is 17.5 Å². The van der Waals surface area contributed by atoms with Crippen molar-refractivity contribution >= 4 is 96.7 Å². The highest BCUT2D eigenvalue weighted by molar-refractivity contribution is 7.47. The number of hydrogen-bond donors (Lipinski definition) is 9. The first-order valence-corrected chi connectivity index (χ1v) is 27.6. The minimum atomic E-state index is -5.12. The Kier molecular flexibility index (Phi) is 16.0. The number of imidazole rings is 2. The molecular formula is C41H50ClN12O17P3. The first-order chi connectivity index (χ1) is 35.3. The molecule has 2 saturated heterocycles. The molecule has 11 N–H and O–H groups in total. The van der Waals surface area contributed by atoms with E-state index in [-0.39, 0.29) is 53.4 Å². The van der Waals surface area contributed by atoms with E-state index in [0.29, 0.717) is 41.2 Å². The normalized spacial score (nSPS) is 22.4. The zero-order valence-corrected chi connectivity index (χ0v) is 42.3. The minimum Gasteiger partial charge on any atom is -0.497 e. The number of pyridine rings is 1. The third kappa shape index (κ3) is 12.4. The van der Waals surface area contributed by atoms with E-state index in [0.717, 1.165) is 16.5 Å². The summed E-state index contributed by atoms with van der Waals surface area (Å²) in [6.07, 6.45) is -2.45. The molecule has 0 aliphatic carbocycles. The number of halogens is 1. The molecule has 74 heavy (non-hydrogen) atoms. The molecule has 0 saturated carbocycles. The molecule has 2 fully saturated rings. The fourth-order valence-corrected chi connectivity index (χ4v) is 11.3. The number of ether oxygens (including phenoxy) is 3. The number of nitrogens with two attached hydrogens (primary N) is 2. The van der Waals surface area contributed by atoms with E-state index in [2.05, 4.69) is 35.2 Å². The number of nitrogens with zero attached hydrogens (tertiary/aromatic N) is 8. The number of phosphoric ester groups is 3. The lowest BCUT2D eigenvalue weighted by molar-refractivity contribution is -0.0453. The molecule has 3 unspecified atom stereocenters. The summed E-state index contributed by atoms with van der Waals surface area (Å²) < 4.78 is 85.9. The number of phosphoric acid groups is 3. The number of nitrogen functional groups attached to an aromatic ring is 2. The summed E-state index contributed by atoms with van der Waals surface area (Å²) >= 11 is 6.31. The van der Waals surface area contributed by atoms with Gasteiger partial charge in [-0.2, -0.15) is 4.98 Å². The molecule has 29 nitrogen and oxygen atoms in total. The fourth-order valence-electron chi connectivity index (χ4n) is 8.69. The lowest BCUT2D eigenvalue weighted by atomic mass is 10.0. The van der Waals surface area contributed by atoms with Crippen LogP contribution < -0.4 is 27.1 Å².